The van der Waals surface area contributed by atoms with Gasteiger partial charge in [-0.15, -0.1) is 0 Å². The van der Waals surface area contributed by atoms with E-state index in [0.717, 1.165) is 29.1 Å². The number of allylic oxidation sites excluding steroid dienone is 2. The number of methoxy groups -OCH3 is 1. The SMILES string of the molecule is COc1ccc2c(ccn2CC(=O)NC[C@@H]2C[C@H]3C=C[C@@H]2C3)c1. The number of carbonyl (C=O) groups is 1. The van der Waals surface area contributed by atoms with Crippen molar-refractivity contribution >= 4 is 16.8 Å². The van der Waals surface area contributed by atoms with Crippen LogP contribution in [0.1, 0.15) is 12.8 Å². The van der Waals surface area contributed by atoms with Crippen LogP contribution in [0.25, 0.3) is 10.9 Å². The lowest BCUT2D eigenvalue weighted by Crippen LogP contribution is -2.33. The molecular formula is C19H22N2O2. The molecule has 1 N–H and O–H groups in total. The fraction of sp³-hybridized carbons (Fsp3) is 0.421. The molecule has 0 aliphatic heterocycles. The van der Waals surface area contributed by atoms with E-state index in [1.165, 1.54) is 12.8 Å². The Morgan fingerprint density at radius 1 is 1.30 bits per heavy atom. The molecule has 2 bridgehead atoms. The predicted molar refractivity (Wildman–Crippen MR) is 90.3 cm³/mol. The van der Waals surface area contributed by atoms with Crippen LogP contribution >= 0.6 is 0 Å². The normalized spacial score (nSPS) is 25.2. The molecule has 1 heterocycles. The number of carbonyl (C=O) groups excluding carboxylic acids is 1. The van der Waals surface area contributed by atoms with Gasteiger partial charge in [0.25, 0.3) is 0 Å². The van der Waals surface area contributed by atoms with Gasteiger partial charge < -0.3 is 14.6 Å². The van der Waals surface area contributed by atoms with Gasteiger partial charge in [-0.25, -0.2) is 0 Å². The summed E-state index contributed by atoms with van der Waals surface area (Å²) < 4.78 is 7.23. The third-order valence-electron chi connectivity index (χ3n) is 5.27. The molecule has 4 nitrogen and oxygen atoms in total. The summed E-state index contributed by atoms with van der Waals surface area (Å²) in [5, 5.41) is 4.21. The molecule has 0 spiro atoms. The minimum Gasteiger partial charge on any atom is -0.497 e. The summed E-state index contributed by atoms with van der Waals surface area (Å²) >= 11 is 0. The maximum Gasteiger partial charge on any atom is 0.239 e. The van der Waals surface area contributed by atoms with Crippen LogP contribution in [-0.4, -0.2) is 24.1 Å². The first-order valence-electron chi connectivity index (χ1n) is 8.31. The first-order chi connectivity index (χ1) is 11.2. The average molecular weight is 310 g/mol. The molecule has 4 rings (SSSR count). The van der Waals surface area contributed by atoms with E-state index >= 15 is 0 Å². The van der Waals surface area contributed by atoms with Crippen molar-refractivity contribution in [1.82, 2.24) is 9.88 Å². The van der Waals surface area contributed by atoms with E-state index in [2.05, 4.69) is 17.5 Å². The van der Waals surface area contributed by atoms with Gasteiger partial charge in [0.15, 0.2) is 0 Å². The smallest absolute Gasteiger partial charge is 0.239 e. The van der Waals surface area contributed by atoms with Gasteiger partial charge >= 0.3 is 0 Å². The summed E-state index contributed by atoms with van der Waals surface area (Å²) in [5.74, 6) is 2.99. The first-order valence-corrected chi connectivity index (χ1v) is 8.31. The largest absolute Gasteiger partial charge is 0.497 e. The van der Waals surface area contributed by atoms with Crippen LogP contribution in [0.2, 0.25) is 0 Å². The van der Waals surface area contributed by atoms with Crippen LogP contribution in [-0.2, 0) is 11.3 Å². The molecule has 3 atom stereocenters. The lowest BCUT2D eigenvalue weighted by molar-refractivity contribution is -0.121. The van der Waals surface area contributed by atoms with Crippen molar-refractivity contribution in [3.8, 4) is 5.75 Å². The van der Waals surface area contributed by atoms with Gasteiger partial charge in [-0.1, -0.05) is 12.2 Å². The van der Waals surface area contributed by atoms with Crippen LogP contribution in [0.4, 0.5) is 0 Å². The summed E-state index contributed by atoms with van der Waals surface area (Å²) in [5.41, 5.74) is 1.06. The highest BCUT2D eigenvalue weighted by molar-refractivity contribution is 5.84. The molecule has 1 amide bonds. The van der Waals surface area contributed by atoms with E-state index < -0.39 is 0 Å². The molecule has 2 aliphatic rings. The minimum absolute atomic E-state index is 0.0880. The van der Waals surface area contributed by atoms with Crippen LogP contribution in [0, 0.1) is 17.8 Å². The Morgan fingerprint density at radius 2 is 2.22 bits per heavy atom. The summed E-state index contributed by atoms with van der Waals surface area (Å²) in [6.45, 7) is 1.17. The Hall–Kier alpha value is -2.23. The van der Waals surface area contributed by atoms with E-state index in [9.17, 15) is 4.79 Å². The van der Waals surface area contributed by atoms with Crippen LogP contribution in [0.3, 0.4) is 0 Å². The van der Waals surface area contributed by atoms with Crippen molar-refractivity contribution in [1.29, 1.82) is 0 Å². The summed E-state index contributed by atoms with van der Waals surface area (Å²) in [7, 11) is 1.66. The van der Waals surface area contributed by atoms with Crippen molar-refractivity contribution in [2.24, 2.45) is 17.8 Å². The Morgan fingerprint density at radius 3 is 2.96 bits per heavy atom. The molecule has 0 saturated heterocycles. The molecule has 0 radical (unpaired) electrons. The maximum atomic E-state index is 12.3. The number of nitrogens with one attached hydrogen (secondary N) is 1. The Kier molecular flexibility index (Phi) is 3.60. The zero-order chi connectivity index (χ0) is 15.8. The second kappa shape index (κ2) is 5.76. The molecule has 23 heavy (non-hydrogen) atoms. The summed E-state index contributed by atoms with van der Waals surface area (Å²) in [6, 6.07) is 7.94. The number of aromatic nitrogens is 1. The fourth-order valence-corrected chi connectivity index (χ4v) is 4.03. The molecule has 2 aliphatic carbocycles. The van der Waals surface area contributed by atoms with E-state index in [1.807, 2.05) is 35.0 Å². The van der Waals surface area contributed by atoms with E-state index in [1.54, 1.807) is 7.11 Å². The third-order valence-corrected chi connectivity index (χ3v) is 5.27. The Balaban J connectivity index is 1.38. The number of hydrogen-bond donors (Lipinski definition) is 1. The molecule has 1 saturated carbocycles. The molecule has 4 heteroatoms. The summed E-state index contributed by atoms with van der Waals surface area (Å²) in [6.07, 6.45) is 9.14. The van der Waals surface area contributed by atoms with Crippen molar-refractivity contribution in [2.75, 3.05) is 13.7 Å². The lowest BCUT2D eigenvalue weighted by atomic mass is 9.94. The molecule has 2 aromatic rings. The maximum absolute atomic E-state index is 12.3. The van der Waals surface area contributed by atoms with Gasteiger partial charge in [-0.2, -0.15) is 0 Å². The number of ether oxygens (including phenoxy) is 1. The van der Waals surface area contributed by atoms with Gasteiger partial charge in [-0.3, -0.25) is 4.79 Å². The standard InChI is InChI=1S/C19H22N2O2/c1-23-17-4-5-18-15(10-17)6-7-21(18)12-19(22)20-11-16-9-13-2-3-14(16)8-13/h2-7,10,13-14,16H,8-9,11-12H2,1H3,(H,20,22)/t13-,14+,16-/m0/s1. The van der Waals surface area contributed by atoms with Crippen LogP contribution in [0.15, 0.2) is 42.6 Å². The molecule has 0 unspecified atom stereocenters. The molecular weight excluding hydrogens is 288 g/mol. The second-order valence-corrected chi connectivity index (χ2v) is 6.71. The number of nitrogens with zero attached hydrogens (tertiary/aromatic N) is 1. The average Bonchev–Trinajstić information content (AvgIpc) is 3.28. The number of fused-ring (bicyclic) bond motifs is 3. The monoisotopic (exact) mass is 310 g/mol. The highest BCUT2D eigenvalue weighted by Crippen LogP contribution is 2.42. The zero-order valence-electron chi connectivity index (χ0n) is 13.4. The van der Waals surface area contributed by atoms with Crippen LogP contribution in [0.5, 0.6) is 5.75 Å². The second-order valence-electron chi connectivity index (χ2n) is 6.71. The van der Waals surface area contributed by atoms with Crippen molar-refractivity contribution < 1.29 is 9.53 Å². The first kappa shape index (κ1) is 14.4. The highest BCUT2D eigenvalue weighted by atomic mass is 16.5. The third kappa shape index (κ3) is 2.74. The van der Waals surface area contributed by atoms with Crippen molar-refractivity contribution in [3.05, 3.63) is 42.6 Å². The topological polar surface area (TPSA) is 43.3 Å². The minimum atomic E-state index is 0.0880. The van der Waals surface area contributed by atoms with Gasteiger partial charge in [0.1, 0.15) is 12.3 Å². The molecule has 120 valence electrons. The van der Waals surface area contributed by atoms with Crippen molar-refractivity contribution in [2.45, 2.75) is 19.4 Å². The number of hydrogen-bond acceptors (Lipinski definition) is 2. The highest BCUT2D eigenvalue weighted by Gasteiger charge is 2.35. The molecule has 1 aromatic carbocycles. The fourth-order valence-electron chi connectivity index (χ4n) is 4.03. The van der Waals surface area contributed by atoms with Gasteiger partial charge in [0.2, 0.25) is 5.91 Å². The number of amides is 1. The molecule has 1 fully saturated rings. The Labute approximate surface area is 136 Å². The molecule has 1 aromatic heterocycles. The number of rotatable bonds is 5. The van der Waals surface area contributed by atoms with Gasteiger partial charge in [0, 0.05) is 23.6 Å². The van der Waals surface area contributed by atoms with E-state index in [0.29, 0.717) is 18.4 Å². The van der Waals surface area contributed by atoms with E-state index in [-0.39, 0.29) is 5.91 Å². The van der Waals surface area contributed by atoms with E-state index in [4.69, 9.17) is 4.74 Å². The van der Waals surface area contributed by atoms with Crippen LogP contribution < -0.4 is 10.1 Å². The Bertz CT molecular complexity index is 762. The number of benzene rings is 1. The predicted octanol–water partition coefficient (Wildman–Crippen LogP) is 2.98. The quantitative estimate of drug-likeness (QED) is 0.863. The van der Waals surface area contributed by atoms with Gasteiger partial charge in [0.05, 0.1) is 7.11 Å². The van der Waals surface area contributed by atoms with Crippen molar-refractivity contribution in [3.63, 3.8) is 0 Å². The lowest BCUT2D eigenvalue weighted by Gasteiger charge is -2.18. The van der Waals surface area contributed by atoms with Gasteiger partial charge in [-0.05, 0) is 54.9 Å². The summed E-state index contributed by atoms with van der Waals surface area (Å²) in [4.78, 5) is 12.3. The zero-order valence-corrected chi connectivity index (χ0v) is 13.4.